The first-order chi connectivity index (χ1) is 8.41. The summed E-state index contributed by atoms with van der Waals surface area (Å²) in [7, 11) is 0. The molecule has 1 aromatic rings. The highest BCUT2D eigenvalue weighted by Crippen LogP contribution is 2.35. The number of ether oxygens (including phenoxy) is 2. The summed E-state index contributed by atoms with van der Waals surface area (Å²) in [5, 5.41) is 9.00. The second-order valence-electron chi connectivity index (χ2n) is 3.84. The fourth-order valence-corrected chi connectivity index (χ4v) is 1.76. The van der Waals surface area contributed by atoms with Crippen LogP contribution in [0.3, 0.4) is 0 Å². The Bertz CT molecular complexity index is 534. The van der Waals surface area contributed by atoms with Gasteiger partial charge in [0.15, 0.2) is 5.60 Å². The highest BCUT2D eigenvalue weighted by atomic mass is 35.5. The minimum atomic E-state index is -1.53. The van der Waals surface area contributed by atoms with Gasteiger partial charge >= 0.3 is 6.16 Å². The number of hydrogen-bond donors (Lipinski definition) is 1. The third-order valence-electron chi connectivity index (χ3n) is 2.61. The van der Waals surface area contributed by atoms with Crippen molar-refractivity contribution in [2.45, 2.75) is 12.5 Å². The molecule has 0 saturated carbocycles. The van der Waals surface area contributed by atoms with Crippen LogP contribution in [-0.4, -0.2) is 17.0 Å². The van der Waals surface area contributed by atoms with E-state index >= 15 is 0 Å². The first kappa shape index (κ1) is 12.4. The second kappa shape index (κ2) is 4.34. The lowest BCUT2D eigenvalue weighted by atomic mass is 9.92. The van der Waals surface area contributed by atoms with E-state index in [1.165, 1.54) is 6.92 Å². The molecule has 1 atom stereocenters. The normalized spacial score (nSPS) is 22.3. The molecule has 2 rings (SSSR count). The van der Waals surface area contributed by atoms with Crippen LogP contribution in [0.15, 0.2) is 36.3 Å². The lowest BCUT2D eigenvalue weighted by Crippen LogP contribution is -2.29. The van der Waals surface area contributed by atoms with Crippen LogP contribution in [0, 0.1) is 0 Å². The molecule has 0 fully saturated rings. The van der Waals surface area contributed by atoms with Crippen LogP contribution in [0.1, 0.15) is 12.5 Å². The van der Waals surface area contributed by atoms with Crippen molar-refractivity contribution >= 4 is 23.5 Å². The Morgan fingerprint density at radius 2 is 2.00 bits per heavy atom. The summed E-state index contributed by atoms with van der Waals surface area (Å²) in [4.78, 5) is 22.2. The minimum absolute atomic E-state index is 0.329. The maximum atomic E-state index is 11.9. The lowest BCUT2D eigenvalue weighted by Gasteiger charge is -2.23. The van der Waals surface area contributed by atoms with E-state index in [0.717, 1.165) is 6.08 Å². The molecular weight excluding hydrogens is 260 g/mol. The van der Waals surface area contributed by atoms with Crippen LogP contribution >= 0.6 is 11.6 Å². The van der Waals surface area contributed by atoms with Crippen molar-refractivity contribution in [1.82, 2.24) is 0 Å². The first-order valence-electron chi connectivity index (χ1n) is 5.04. The Hall–Kier alpha value is -2.01. The summed E-state index contributed by atoms with van der Waals surface area (Å²) >= 11 is 5.76. The van der Waals surface area contributed by atoms with Gasteiger partial charge in [0.05, 0.1) is 6.08 Å². The molecule has 0 aromatic heterocycles. The number of carboxylic acid groups (broad SMARTS) is 1. The fraction of sp³-hybridized carbons (Fsp3) is 0.167. The van der Waals surface area contributed by atoms with Crippen molar-refractivity contribution in [2.24, 2.45) is 0 Å². The average molecular weight is 269 g/mol. The highest BCUT2D eigenvalue weighted by Gasteiger charge is 2.43. The molecular formula is C12H9ClO5. The Morgan fingerprint density at radius 3 is 2.56 bits per heavy atom. The topological polar surface area (TPSA) is 72.8 Å². The molecule has 6 heteroatoms. The van der Waals surface area contributed by atoms with Crippen LogP contribution in [0.5, 0.6) is 0 Å². The van der Waals surface area contributed by atoms with Gasteiger partial charge in [-0.2, -0.15) is 0 Å². The van der Waals surface area contributed by atoms with Crippen LogP contribution in [0.2, 0.25) is 5.02 Å². The molecule has 0 bridgehead atoms. The van der Waals surface area contributed by atoms with Gasteiger partial charge in [-0.1, -0.05) is 23.7 Å². The van der Waals surface area contributed by atoms with E-state index < -0.39 is 11.8 Å². The van der Waals surface area contributed by atoms with Crippen molar-refractivity contribution in [3.63, 3.8) is 0 Å². The monoisotopic (exact) mass is 268 g/mol. The molecule has 1 aromatic carbocycles. The third-order valence-corrected chi connectivity index (χ3v) is 2.86. The lowest BCUT2D eigenvalue weighted by molar-refractivity contribution is -0.132. The highest BCUT2D eigenvalue weighted by molar-refractivity contribution is 6.30. The van der Waals surface area contributed by atoms with Crippen molar-refractivity contribution in [3.8, 4) is 0 Å². The average Bonchev–Trinajstić information content (AvgIpc) is 2.55. The van der Waals surface area contributed by atoms with Gasteiger partial charge in [0.2, 0.25) is 5.78 Å². The van der Waals surface area contributed by atoms with E-state index in [9.17, 15) is 9.59 Å². The van der Waals surface area contributed by atoms with E-state index in [1.807, 2.05) is 0 Å². The third kappa shape index (κ3) is 2.17. The number of ketones is 1. The number of hydrogen-bond acceptors (Lipinski definition) is 4. The van der Waals surface area contributed by atoms with Crippen LogP contribution in [0.4, 0.5) is 4.79 Å². The van der Waals surface area contributed by atoms with Gasteiger partial charge in [-0.15, -0.1) is 0 Å². The molecule has 1 aliphatic rings. The standard InChI is InChI=1S/C12H9ClO5/c1-12(7-2-4-8(13)5-3-7)9(14)6-10(18-12)17-11(15)16/h2-6H,1H3,(H,15,16). The molecule has 5 nitrogen and oxygen atoms in total. The van der Waals surface area contributed by atoms with E-state index in [2.05, 4.69) is 4.74 Å². The molecule has 0 amide bonds. The predicted molar refractivity (Wildman–Crippen MR) is 62.1 cm³/mol. The van der Waals surface area contributed by atoms with Crippen LogP contribution < -0.4 is 0 Å². The largest absolute Gasteiger partial charge is 0.513 e. The Labute approximate surface area is 108 Å². The maximum absolute atomic E-state index is 11.9. The van der Waals surface area contributed by atoms with Crippen molar-refractivity contribution in [3.05, 3.63) is 46.9 Å². The summed E-state index contributed by atoms with van der Waals surface area (Å²) in [5.41, 5.74) is -0.716. The molecule has 0 aliphatic carbocycles. The molecule has 1 unspecified atom stereocenters. The molecule has 94 valence electrons. The summed E-state index contributed by atoms with van der Waals surface area (Å²) in [6.07, 6.45) is -0.516. The molecule has 1 N–H and O–H groups in total. The van der Waals surface area contributed by atoms with Crippen LogP contribution in [-0.2, 0) is 19.9 Å². The molecule has 0 spiro atoms. The molecule has 1 aliphatic heterocycles. The van der Waals surface area contributed by atoms with E-state index in [1.54, 1.807) is 24.3 Å². The summed E-state index contributed by atoms with van der Waals surface area (Å²) < 4.78 is 9.59. The Morgan fingerprint density at radius 1 is 1.39 bits per heavy atom. The number of carbonyl (C=O) groups is 2. The van der Waals surface area contributed by atoms with Gasteiger partial charge in [0.1, 0.15) is 0 Å². The summed E-state index contributed by atoms with van der Waals surface area (Å²) in [6, 6.07) is 6.51. The fourth-order valence-electron chi connectivity index (χ4n) is 1.63. The van der Waals surface area contributed by atoms with Crippen molar-refractivity contribution < 1.29 is 24.2 Å². The van der Waals surface area contributed by atoms with Crippen molar-refractivity contribution in [1.29, 1.82) is 0 Å². The number of benzene rings is 1. The summed E-state index contributed by atoms with van der Waals surface area (Å²) in [6.45, 7) is 1.54. The minimum Gasteiger partial charge on any atom is -0.449 e. The molecule has 18 heavy (non-hydrogen) atoms. The second-order valence-corrected chi connectivity index (χ2v) is 4.27. The SMILES string of the molecule is CC1(c2ccc(Cl)cc2)OC(OC(=O)O)=CC1=O. The quantitative estimate of drug-likeness (QED) is 0.835. The van der Waals surface area contributed by atoms with Crippen LogP contribution in [0.25, 0.3) is 0 Å². The van der Waals surface area contributed by atoms with Gasteiger partial charge in [-0.3, -0.25) is 4.79 Å². The molecule has 0 saturated heterocycles. The smallest absolute Gasteiger partial charge is 0.449 e. The number of carbonyl (C=O) groups excluding carboxylic acids is 1. The van der Waals surface area contributed by atoms with Crippen molar-refractivity contribution in [2.75, 3.05) is 0 Å². The van der Waals surface area contributed by atoms with Gasteiger partial charge in [0, 0.05) is 10.6 Å². The van der Waals surface area contributed by atoms with E-state index in [0.29, 0.717) is 10.6 Å². The van der Waals surface area contributed by atoms with E-state index in [-0.39, 0.29) is 11.7 Å². The Balaban J connectivity index is 2.27. The number of rotatable bonds is 2. The van der Waals surface area contributed by atoms with Gasteiger partial charge in [-0.25, -0.2) is 4.79 Å². The zero-order valence-corrected chi connectivity index (χ0v) is 10.1. The molecule has 0 radical (unpaired) electrons. The predicted octanol–water partition coefficient (Wildman–Crippen LogP) is 2.69. The van der Waals surface area contributed by atoms with Gasteiger partial charge < -0.3 is 14.6 Å². The summed E-state index contributed by atoms with van der Waals surface area (Å²) in [5.74, 6) is -0.717. The van der Waals surface area contributed by atoms with E-state index in [4.69, 9.17) is 21.4 Å². The maximum Gasteiger partial charge on any atom is 0.513 e. The van der Waals surface area contributed by atoms with Gasteiger partial charge in [0.25, 0.3) is 5.95 Å². The molecule has 1 heterocycles. The van der Waals surface area contributed by atoms with Gasteiger partial charge in [-0.05, 0) is 19.1 Å². The zero-order chi connectivity index (χ0) is 13.3. The first-order valence-corrected chi connectivity index (χ1v) is 5.41. The number of halogens is 1. The zero-order valence-electron chi connectivity index (χ0n) is 9.34. The Kier molecular flexibility index (Phi) is 3.00.